The van der Waals surface area contributed by atoms with E-state index < -0.39 is 11.9 Å². The second kappa shape index (κ2) is 10.4. The van der Waals surface area contributed by atoms with Gasteiger partial charge in [-0.2, -0.15) is 5.26 Å². The fraction of sp³-hybridized carbons (Fsp3) is 0.500. The van der Waals surface area contributed by atoms with E-state index >= 15 is 0 Å². The average molecular weight is 433 g/mol. The van der Waals surface area contributed by atoms with Crippen molar-refractivity contribution in [2.24, 2.45) is 5.92 Å². The SMILES string of the molecule is Cc1cccc(N2CCN(/C=C(/C#N)C(=O)N3CCC(C(=O)O)CC3)CC2)c1C.Cl. The van der Waals surface area contributed by atoms with Gasteiger partial charge in [-0.05, 0) is 43.9 Å². The van der Waals surface area contributed by atoms with Gasteiger partial charge in [0.05, 0.1) is 5.92 Å². The molecule has 0 radical (unpaired) electrons. The number of carbonyl (C=O) groups is 2. The van der Waals surface area contributed by atoms with Gasteiger partial charge in [-0.15, -0.1) is 12.4 Å². The third kappa shape index (κ3) is 5.25. The smallest absolute Gasteiger partial charge is 0.306 e. The average Bonchev–Trinajstić information content (AvgIpc) is 2.74. The van der Waals surface area contributed by atoms with Gasteiger partial charge in [0.25, 0.3) is 5.91 Å². The minimum absolute atomic E-state index is 0. The number of carbonyl (C=O) groups excluding carboxylic acids is 1. The molecule has 2 aliphatic heterocycles. The Morgan fingerprint density at radius 2 is 1.73 bits per heavy atom. The molecule has 3 rings (SSSR count). The van der Waals surface area contributed by atoms with Crippen molar-refractivity contribution >= 4 is 30.0 Å². The number of hydrogen-bond acceptors (Lipinski definition) is 5. The maximum absolute atomic E-state index is 12.7. The van der Waals surface area contributed by atoms with Crippen LogP contribution in [0.15, 0.2) is 30.0 Å². The summed E-state index contributed by atoms with van der Waals surface area (Å²) < 4.78 is 0. The number of rotatable bonds is 4. The molecule has 1 amide bonds. The van der Waals surface area contributed by atoms with E-state index in [1.165, 1.54) is 16.8 Å². The van der Waals surface area contributed by atoms with E-state index in [9.17, 15) is 14.9 Å². The molecule has 7 nitrogen and oxygen atoms in total. The molecule has 1 N–H and O–H groups in total. The number of halogens is 1. The molecular formula is C22H29ClN4O3. The van der Waals surface area contributed by atoms with Crippen LogP contribution in [-0.4, -0.2) is 66.1 Å². The molecule has 0 aliphatic carbocycles. The van der Waals surface area contributed by atoms with Crippen molar-refractivity contribution in [1.82, 2.24) is 9.80 Å². The fourth-order valence-corrected chi connectivity index (χ4v) is 3.98. The first-order chi connectivity index (χ1) is 13.9. The van der Waals surface area contributed by atoms with E-state index in [0.29, 0.717) is 25.9 Å². The van der Waals surface area contributed by atoms with Crippen LogP contribution in [-0.2, 0) is 9.59 Å². The van der Waals surface area contributed by atoms with Gasteiger partial charge in [0.1, 0.15) is 11.6 Å². The second-order valence-corrected chi connectivity index (χ2v) is 7.80. The maximum Gasteiger partial charge on any atom is 0.306 e. The zero-order chi connectivity index (χ0) is 21.0. The number of aryl methyl sites for hydroxylation is 1. The Kier molecular flexibility index (Phi) is 8.13. The summed E-state index contributed by atoms with van der Waals surface area (Å²) in [6, 6.07) is 8.36. The standard InChI is InChI=1S/C22H28N4O3.ClH/c1-16-4-3-5-20(17(16)2)25-12-10-24(11-13-25)15-19(14-23)21(27)26-8-6-18(7-9-26)22(28)29;/h3-5,15,18H,6-13H2,1-2H3,(H,28,29);1H/b19-15-;. The van der Waals surface area contributed by atoms with Crippen LogP contribution >= 0.6 is 12.4 Å². The van der Waals surface area contributed by atoms with Crippen LogP contribution in [0.1, 0.15) is 24.0 Å². The van der Waals surface area contributed by atoms with E-state index in [2.05, 4.69) is 36.9 Å². The molecule has 0 unspecified atom stereocenters. The quantitative estimate of drug-likeness (QED) is 0.581. The van der Waals surface area contributed by atoms with Crippen molar-refractivity contribution in [2.75, 3.05) is 44.2 Å². The van der Waals surface area contributed by atoms with Gasteiger partial charge in [-0.25, -0.2) is 0 Å². The molecule has 30 heavy (non-hydrogen) atoms. The fourth-order valence-electron chi connectivity index (χ4n) is 3.98. The number of piperazine rings is 1. The lowest BCUT2D eigenvalue weighted by atomic mass is 9.97. The minimum Gasteiger partial charge on any atom is -0.481 e. The molecule has 2 fully saturated rings. The summed E-state index contributed by atoms with van der Waals surface area (Å²) in [7, 11) is 0. The molecule has 2 saturated heterocycles. The summed E-state index contributed by atoms with van der Waals surface area (Å²) in [4.78, 5) is 29.7. The highest BCUT2D eigenvalue weighted by atomic mass is 35.5. The molecule has 0 spiro atoms. The topological polar surface area (TPSA) is 87.9 Å². The summed E-state index contributed by atoms with van der Waals surface area (Å²) in [5.41, 5.74) is 3.92. The van der Waals surface area contributed by atoms with E-state index in [-0.39, 0.29) is 23.9 Å². The Morgan fingerprint density at radius 1 is 1.10 bits per heavy atom. The summed E-state index contributed by atoms with van der Waals surface area (Å²) in [5.74, 6) is -1.50. The Morgan fingerprint density at radius 3 is 2.30 bits per heavy atom. The normalized spacial score (nSPS) is 17.9. The number of carboxylic acid groups (broad SMARTS) is 1. The number of benzene rings is 1. The molecule has 2 aliphatic rings. The molecule has 8 heteroatoms. The molecule has 0 saturated carbocycles. The Balaban J connectivity index is 0.00000320. The van der Waals surface area contributed by atoms with Crippen molar-refractivity contribution in [3.05, 3.63) is 41.1 Å². The summed E-state index contributed by atoms with van der Waals surface area (Å²) in [6.45, 7) is 8.17. The van der Waals surface area contributed by atoms with E-state index in [1.54, 1.807) is 11.1 Å². The second-order valence-electron chi connectivity index (χ2n) is 7.80. The number of aliphatic carboxylic acids is 1. The number of anilines is 1. The van der Waals surface area contributed by atoms with Crippen molar-refractivity contribution in [3.63, 3.8) is 0 Å². The largest absolute Gasteiger partial charge is 0.481 e. The zero-order valence-corrected chi connectivity index (χ0v) is 18.3. The molecule has 1 aromatic carbocycles. The third-order valence-corrected chi connectivity index (χ3v) is 6.02. The number of piperidine rings is 1. The highest BCUT2D eigenvalue weighted by molar-refractivity contribution is 5.97. The summed E-state index contributed by atoms with van der Waals surface area (Å²) >= 11 is 0. The lowest BCUT2D eigenvalue weighted by Crippen LogP contribution is -2.45. The number of amides is 1. The number of nitrogens with zero attached hydrogens (tertiary/aromatic N) is 4. The van der Waals surface area contributed by atoms with Crippen LogP contribution in [0.5, 0.6) is 0 Å². The van der Waals surface area contributed by atoms with Gasteiger partial charge in [-0.1, -0.05) is 12.1 Å². The molecular weight excluding hydrogens is 404 g/mol. The lowest BCUT2D eigenvalue weighted by Gasteiger charge is -2.37. The predicted molar refractivity (Wildman–Crippen MR) is 118 cm³/mol. The van der Waals surface area contributed by atoms with Crippen molar-refractivity contribution in [2.45, 2.75) is 26.7 Å². The van der Waals surface area contributed by atoms with Crippen LogP contribution in [0, 0.1) is 31.1 Å². The van der Waals surface area contributed by atoms with Crippen LogP contribution in [0.4, 0.5) is 5.69 Å². The van der Waals surface area contributed by atoms with Crippen molar-refractivity contribution in [1.29, 1.82) is 5.26 Å². The van der Waals surface area contributed by atoms with Gasteiger partial charge in [0.15, 0.2) is 0 Å². The lowest BCUT2D eigenvalue weighted by molar-refractivity contribution is -0.145. The number of carboxylic acids is 1. The third-order valence-electron chi connectivity index (χ3n) is 6.02. The van der Waals surface area contributed by atoms with Crippen LogP contribution < -0.4 is 4.90 Å². The minimum atomic E-state index is -0.810. The highest BCUT2D eigenvalue weighted by Gasteiger charge is 2.29. The molecule has 2 heterocycles. The Hall–Kier alpha value is -2.72. The monoisotopic (exact) mass is 432 g/mol. The number of hydrogen-bond donors (Lipinski definition) is 1. The van der Waals surface area contributed by atoms with Gasteiger partial charge < -0.3 is 19.8 Å². The molecule has 0 bridgehead atoms. The molecule has 162 valence electrons. The molecule has 0 aromatic heterocycles. The number of nitriles is 1. The van der Waals surface area contributed by atoms with Crippen LogP contribution in [0.2, 0.25) is 0 Å². The summed E-state index contributed by atoms with van der Waals surface area (Å²) in [5, 5.41) is 18.6. The van der Waals surface area contributed by atoms with Gasteiger partial charge >= 0.3 is 5.97 Å². The van der Waals surface area contributed by atoms with Gasteiger partial charge in [-0.3, -0.25) is 9.59 Å². The summed E-state index contributed by atoms with van der Waals surface area (Å²) in [6.07, 6.45) is 2.55. The maximum atomic E-state index is 12.7. The first kappa shape index (κ1) is 23.6. The van der Waals surface area contributed by atoms with Crippen LogP contribution in [0.25, 0.3) is 0 Å². The zero-order valence-electron chi connectivity index (χ0n) is 17.5. The first-order valence-corrected chi connectivity index (χ1v) is 10.1. The molecule has 0 atom stereocenters. The van der Waals surface area contributed by atoms with E-state index in [4.69, 9.17) is 5.11 Å². The van der Waals surface area contributed by atoms with Crippen molar-refractivity contribution < 1.29 is 14.7 Å². The Bertz CT molecular complexity index is 848. The predicted octanol–water partition coefficient (Wildman–Crippen LogP) is 2.58. The van der Waals surface area contributed by atoms with Gasteiger partial charge in [0.2, 0.25) is 0 Å². The van der Waals surface area contributed by atoms with E-state index in [1.807, 2.05) is 11.0 Å². The molecule has 1 aromatic rings. The van der Waals surface area contributed by atoms with E-state index in [0.717, 1.165) is 26.2 Å². The first-order valence-electron chi connectivity index (χ1n) is 10.1. The number of likely N-dealkylation sites (tertiary alicyclic amines) is 1. The van der Waals surface area contributed by atoms with Crippen molar-refractivity contribution in [3.8, 4) is 6.07 Å². The van der Waals surface area contributed by atoms with Crippen LogP contribution in [0.3, 0.4) is 0 Å². The Labute approximate surface area is 184 Å². The highest BCUT2D eigenvalue weighted by Crippen LogP contribution is 2.24. The van der Waals surface area contributed by atoms with Gasteiger partial charge in [0, 0.05) is 51.2 Å².